The molecule has 142 valence electrons. The quantitative estimate of drug-likeness (QED) is 0.639. The Morgan fingerprint density at radius 1 is 0.893 bits per heavy atom. The van der Waals surface area contributed by atoms with Crippen molar-refractivity contribution >= 4 is 23.8 Å². The number of nitrogens with zero attached hydrogens (tertiary/aromatic N) is 2. The van der Waals surface area contributed by atoms with Crippen LogP contribution in [0.3, 0.4) is 0 Å². The molecule has 0 bridgehead atoms. The molecule has 0 saturated carbocycles. The average Bonchev–Trinajstić information content (AvgIpc) is 2.94. The second-order valence-electron chi connectivity index (χ2n) is 6.63. The smallest absolute Gasteiger partial charge is 0.335 e. The number of aromatic nitrogens is 1. The van der Waals surface area contributed by atoms with Crippen molar-refractivity contribution in [2.24, 2.45) is 4.99 Å². The third-order valence-corrected chi connectivity index (χ3v) is 4.53. The number of aryl methyl sites for hydroxylation is 2. The van der Waals surface area contributed by atoms with Crippen LogP contribution in [0.15, 0.2) is 53.5 Å². The minimum Gasteiger partial charge on any atom is -0.478 e. The minimum atomic E-state index is -1.17. The van der Waals surface area contributed by atoms with E-state index in [-0.39, 0.29) is 11.1 Å². The van der Waals surface area contributed by atoms with Crippen LogP contribution in [0.2, 0.25) is 0 Å². The molecule has 0 spiro atoms. The second-order valence-corrected chi connectivity index (χ2v) is 6.63. The Balaban J connectivity index is 2.06. The third kappa shape index (κ3) is 3.86. The van der Waals surface area contributed by atoms with Crippen LogP contribution in [-0.2, 0) is 0 Å². The van der Waals surface area contributed by atoms with Gasteiger partial charge >= 0.3 is 11.9 Å². The number of carbonyl (C=O) groups is 2. The van der Waals surface area contributed by atoms with Gasteiger partial charge in [-0.2, -0.15) is 0 Å². The molecule has 3 aromatic rings. The largest absolute Gasteiger partial charge is 0.478 e. The van der Waals surface area contributed by atoms with Crippen LogP contribution in [-0.4, -0.2) is 32.9 Å². The summed E-state index contributed by atoms with van der Waals surface area (Å²) < 4.78 is 1.83. The first-order valence-electron chi connectivity index (χ1n) is 8.68. The predicted molar refractivity (Wildman–Crippen MR) is 108 cm³/mol. The summed E-state index contributed by atoms with van der Waals surface area (Å²) in [6.07, 6.45) is 1.75. The summed E-state index contributed by atoms with van der Waals surface area (Å²) in [6.45, 7) is 5.78. The van der Waals surface area contributed by atoms with Crippen LogP contribution in [0, 0.1) is 20.8 Å². The van der Waals surface area contributed by atoms with Crippen molar-refractivity contribution in [3.05, 3.63) is 82.2 Å². The van der Waals surface area contributed by atoms with E-state index in [0.717, 1.165) is 34.3 Å². The number of carboxylic acid groups (broad SMARTS) is 2. The van der Waals surface area contributed by atoms with Gasteiger partial charge in [0.1, 0.15) is 0 Å². The molecule has 1 heterocycles. The summed E-state index contributed by atoms with van der Waals surface area (Å²) in [5.41, 5.74) is 4.89. The van der Waals surface area contributed by atoms with Crippen molar-refractivity contribution in [1.82, 2.24) is 4.57 Å². The average molecular weight is 376 g/mol. The van der Waals surface area contributed by atoms with Crippen molar-refractivity contribution in [1.29, 1.82) is 0 Å². The number of hydrogen-bond acceptors (Lipinski definition) is 3. The summed E-state index contributed by atoms with van der Waals surface area (Å²) in [7, 11) is 0. The Morgan fingerprint density at radius 2 is 1.46 bits per heavy atom. The van der Waals surface area contributed by atoms with Gasteiger partial charge in [0.2, 0.25) is 0 Å². The molecule has 0 aliphatic rings. The van der Waals surface area contributed by atoms with Crippen LogP contribution in [0.4, 0.5) is 5.69 Å². The van der Waals surface area contributed by atoms with Crippen molar-refractivity contribution in [2.45, 2.75) is 20.8 Å². The number of aliphatic imine (C=N–C) groups is 1. The minimum absolute atomic E-state index is 0.0720. The van der Waals surface area contributed by atoms with E-state index in [1.807, 2.05) is 55.7 Å². The summed E-state index contributed by atoms with van der Waals surface area (Å²) in [5, 5.41) is 18.6. The van der Waals surface area contributed by atoms with E-state index in [4.69, 9.17) is 0 Å². The van der Waals surface area contributed by atoms with Gasteiger partial charge in [-0.05, 0) is 57.2 Å². The zero-order valence-electron chi connectivity index (χ0n) is 15.8. The lowest BCUT2D eigenvalue weighted by atomic mass is 10.1. The molecular weight excluding hydrogens is 356 g/mol. The van der Waals surface area contributed by atoms with Gasteiger partial charge in [-0.1, -0.05) is 17.7 Å². The van der Waals surface area contributed by atoms with E-state index in [2.05, 4.69) is 4.99 Å². The number of carboxylic acids is 2. The first-order valence-corrected chi connectivity index (χ1v) is 8.68. The van der Waals surface area contributed by atoms with Gasteiger partial charge in [0.15, 0.2) is 0 Å². The number of aromatic carboxylic acids is 2. The van der Waals surface area contributed by atoms with E-state index < -0.39 is 11.9 Å². The van der Waals surface area contributed by atoms with E-state index in [1.165, 1.54) is 12.1 Å². The first kappa shape index (κ1) is 19.1. The van der Waals surface area contributed by atoms with Crippen molar-refractivity contribution in [3.63, 3.8) is 0 Å². The molecule has 0 fully saturated rings. The van der Waals surface area contributed by atoms with Crippen molar-refractivity contribution < 1.29 is 19.8 Å². The standard InChI is InChI=1S/C22H20N2O4/c1-13-4-6-19(7-5-13)23-12-18-8-14(2)24(15(18)3)20-10-16(21(25)26)9-17(11-20)22(27)28/h4-12H,1-3H3,(H,25,26)(H,27,28). The molecule has 0 radical (unpaired) electrons. The zero-order valence-corrected chi connectivity index (χ0v) is 15.8. The molecule has 6 heteroatoms. The first-order chi connectivity index (χ1) is 13.3. The van der Waals surface area contributed by atoms with Gasteiger partial charge < -0.3 is 14.8 Å². The van der Waals surface area contributed by atoms with Crippen LogP contribution in [0.1, 0.15) is 43.2 Å². The normalized spacial score (nSPS) is 11.1. The lowest BCUT2D eigenvalue weighted by Gasteiger charge is -2.12. The van der Waals surface area contributed by atoms with Crippen LogP contribution in [0.5, 0.6) is 0 Å². The SMILES string of the molecule is Cc1ccc(N=Cc2cc(C)n(-c3cc(C(=O)O)cc(C(=O)O)c3)c2C)cc1. The zero-order chi connectivity index (χ0) is 20.4. The Labute approximate surface area is 162 Å². The van der Waals surface area contributed by atoms with Crippen LogP contribution >= 0.6 is 0 Å². The fraction of sp³-hybridized carbons (Fsp3) is 0.136. The summed E-state index contributed by atoms with van der Waals surface area (Å²) >= 11 is 0. The van der Waals surface area contributed by atoms with Gasteiger partial charge in [-0.25, -0.2) is 9.59 Å². The Morgan fingerprint density at radius 3 is 2.00 bits per heavy atom. The molecule has 0 saturated heterocycles. The van der Waals surface area contributed by atoms with E-state index >= 15 is 0 Å². The highest BCUT2D eigenvalue weighted by Gasteiger charge is 2.15. The van der Waals surface area contributed by atoms with Crippen LogP contribution < -0.4 is 0 Å². The summed E-state index contributed by atoms with van der Waals surface area (Å²) in [5.74, 6) is -2.35. The molecule has 0 aliphatic heterocycles. The highest BCUT2D eigenvalue weighted by molar-refractivity contribution is 5.95. The lowest BCUT2D eigenvalue weighted by Crippen LogP contribution is -2.07. The fourth-order valence-electron chi connectivity index (χ4n) is 3.08. The Hall–Kier alpha value is -3.67. The molecule has 1 aromatic heterocycles. The summed E-state index contributed by atoms with van der Waals surface area (Å²) in [4.78, 5) is 27.3. The molecule has 0 unspecified atom stereocenters. The third-order valence-electron chi connectivity index (χ3n) is 4.53. The van der Waals surface area contributed by atoms with Crippen molar-refractivity contribution in [3.8, 4) is 5.69 Å². The van der Waals surface area contributed by atoms with E-state index in [1.54, 1.807) is 6.21 Å². The molecule has 3 rings (SSSR count). The van der Waals surface area contributed by atoms with Crippen LogP contribution in [0.25, 0.3) is 5.69 Å². The molecule has 0 atom stereocenters. The maximum Gasteiger partial charge on any atom is 0.335 e. The van der Waals surface area contributed by atoms with E-state index in [0.29, 0.717) is 5.69 Å². The number of hydrogen-bond donors (Lipinski definition) is 2. The lowest BCUT2D eigenvalue weighted by molar-refractivity contribution is 0.0696. The second kappa shape index (κ2) is 7.52. The number of rotatable bonds is 5. The maximum absolute atomic E-state index is 11.4. The molecule has 6 nitrogen and oxygen atoms in total. The summed E-state index contributed by atoms with van der Waals surface area (Å²) in [6, 6.07) is 13.9. The molecule has 2 aromatic carbocycles. The molecule has 28 heavy (non-hydrogen) atoms. The Kier molecular flexibility index (Phi) is 5.13. The fourth-order valence-corrected chi connectivity index (χ4v) is 3.08. The van der Waals surface area contributed by atoms with Gasteiger partial charge in [0, 0.05) is 28.9 Å². The number of benzene rings is 2. The van der Waals surface area contributed by atoms with Gasteiger partial charge in [0.05, 0.1) is 16.8 Å². The molecular formula is C22H20N2O4. The predicted octanol–water partition coefficient (Wildman–Crippen LogP) is 4.55. The molecule has 0 aliphatic carbocycles. The highest BCUT2D eigenvalue weighted by Crippen LogP contribution is 2.23. The Bertz CT molecular complexity index is 1060. The van der Waals surface area contributed by atoms with Crippen molar-refractivity contribution in [2.75, 3.05) is 0 Å². The maximum atomic E-state index is 11.4. The molecule has 0 amide bonds. The van der Waals surface area contributed by atoms with Gasteiger partial charge in [-0.3, -0.25) is 4.99 Å². The topological polar surface area (TPSA) is 91.9 Å². The monoisotopic (exact) mass is 376 g/mol. The van der Waals surface area contributed by atoms with Gasteiger partial charge in [0.25, 0.3) is 0 Å². The van der Waals surface area contributed by atoms with Gasteiger partial charge in [-0.15, -0.1) is 0 Å². The highest BCUT2D eigenvalue weighted by atomic mass is 16.4. The molecule has 2 N–H and O–H groups in total. The van der Waals surface area contributed by atoms with E-state index in [9.17, 15) is 19.8 Å².